The first-order valence-corrected chi connectivity index (χ1v) is 7.93. The Hall–Kier alpha value is -0.900. The second-order valence-electron chi connectivity index (χ2n) is 6.58. The molecule has 0 heterocycles. The van der Waals surface area contributed by atoms with Gasteiger partial charge in [0.05, 0.1) is 6.61 Å². The van der Waals surface area contributed by atoms with E-state index in [-0.39, 0.29) is 5.41 Å². The van der Waals surface area contributed by atoms with Gasteiger partial charge in [0.2, 0.25) is 0 Å². The summed E-state index contributed by atoms with van der Waals surface area (Å²) in [4.78, 5) is 2.53. The molecule has 0 spiro atoms. The number of hydrogen-bond donors (Lipinski definition) is 1. The number of ether oxygens (including phenoxy) is 1. The lowest BCUT2D eigenvalue weighted by atomic mass is 9.81. The first-order valence-electron chi connectivity index (χ1n) is 7.93. The Morgan fingerprint density at radius 2 is 1.90 bits per heavy atom. The summed E-state index contributed by atoms with van der Waals surface area (Å²) in [7, 11) is 3.81. The van der Waals surface area contributed by atoms with Crippen molar-refractivity contribution >= 4 is 0 Å². The molecule has 1 atom stereocenters. The van der Waals surface area contributed by atoms with Crippen LogP contribution in [0.25, 0.3) is 0 Å². The van der Waals surface area contributed by atoms with Gasteiger partial charge in [-0.3, -0.25) is 4.90 Å². The molecular formula is C18H32N2O. The first-order chi connectivity index (χ1) is 10.0. The van der Waals surface area contributed by atoms with Crippen molar-refractivity contribution in [3.63, 3.8) is 0 Å². The summed E-state index contributed by atoms with van der Waals surface area (Å²) in [5, 5.41) is 3.36. The largest absolute Gasteiger partial charge is 0.383 e. The van der Waals surface area contributed by atoms with E-state index < -0.39 is 0 Å². The zero-order valence-corrected chi connectivity index (χ0v) is 14.4. The van der Waals surface area contributed by atoms with Crippen molar-refractivity contribution < 1.29 is 4.74 Å². The minimum Gasteiger partial charge on any atom is -0.383 e. The average Bonchev–Trinajstić information content (AvgIpc) is 2.45. The summed E-state index contributed by atoms with van der Waals surface area (Å²) < 4.78 is 5.28. The molecule has 1 rings (SSSR count). The Kier molecular flexibility index (Phi) is 7.94. The average molecular weight is 292 g/mol. The quantitative estimate of drug-likeness (QED) is 0.717. The van der Waals surface area contributed by atoms with Gasteiger partial charge in [0, 0.05) is 38.7 Å². The Balaban J connectivity index is 2.86. The van der Waals surface area contributed by atoms with E-state index in [1.807, 2.05) is 7.05 Å². The summed E-state index contributed by atoms with van der Waals surface area (Å²) in [5.41, 5.74) is 1.50. The topological polar surface area (TPSA) is 24.5 Å². The second-order valence-corrected chi connectivity index (χ2v) is 6.58. The lowest BCUT2D eigenvalue weighted by Gasteiger charge is -2.37. The minimum atomic E-state index is 0.110. The molecular weight excluding hydrogens is 260 g/mol. The third kappa shape index (κ3) is 6.16. The summed E-state index contributed by atoms with van der Waals surface area (Å²) in [6.45, 7) is 11.8. The molecule has 0 amide bonds. The SMILES string of the molecule is CNCC(C)(CN(CCOC)CC(C)C)c1ccccc1. The van der Waals surface area contributed by atoms with Gasteiger partial charge in [0.1, 0.15) is 0 Å². The van der Waals surface area contributed by atoms with Crippen LogP contribution < -0.4 is 5.32 Å². The Morgan fingerprint density at radius 3 is 2.43 bits per heavy atom. The van der Waals surface area contributed by atoms with E-state index in [0.717, 1.165) is 32.8 Å². The summed E-state index contributed by atoms with van der Waals surface area (Å²) in [6, 6.07) is 10.8. The molecule has 0 aromatic heterocycles. The van der Waals surface area contributed by atoms with Crippen LogP contribution in [0.2, 0.25) is 0 Å². The van der Waals surface area contributed by atoms with E-state index in [0.29, 0.717) is 5.92 Å². The summed E-state index contributed by atoms with van der Waals surface area (Å²) in [5.74, 6) is 0.663. The number of hydrogen-bond acceptors (Lipinski definition) is 3. The van der Waals surface area contributed by atoms with E-state index in [4.69, 9.17) is 4.74 Å². The van der Waals surface area contributed by atoms with Crippen LogP contribution in [-0.4, -0.2) is 51.8 Å². The van der Waals surface area contributed by atoms with Gasteiger partial charge < -0.3 is 10.1 Å². The maximum absolute atomic E-state index is 5.28. The number of nitrogens with zero attached hydrogens (tertiary/aromatic N) is 1. The van der Waals surface area contributed by atoms with Crippen LogP contribution in [0.15, 0.2) is 30.3 Å². The fraction of sp³-hybridized carbons (Fsp3) is 0.667. The molecule has 120 valence electrons. The van der Waals surface area contributed by atoms with Gasteiger partial charge in [-0.05, 0) is 18.5 Å². The Bertz CT molecular complexity index is 380. The van der Waals surface area contributed by atoms with Crippen LogP contribution in [0.5, 0.6) is 0 Å². The molecule has 0 aliphatic heterocycles. The summed E-state index contributed by atoms with van der Waals surface area (Å²) >= 11 is 0. The van der Waals surface area contributed by atoms with Crippen molar-refractivity contribution in [1.29, 1.82) is 0 Å². The highest BCUT2D eigenvalue weighted by molar-refractivity contribution is 5.25. The molecule has 0 fully saturated rings. The highest BCUT2D eigenvalue weighted by Crippen LogP contribution is 2.24. The molecule has 1 aromatic rings. The lowest BCUT2D eigenvalue weighted by Crippen LogP contribution is -2.46. The van der Waals surface area contributed by atoms with Gasteiger partial charge in [0.25, 0.3) is 0 Å². The molecule has 0 bridgehead atoms. The van der Waals surface area contributed by atoms with Crippen LogP contribution in [0, 0.1) is 5.92 Å². The first kappa shape index (κ1) is 18.1. The second kappa shape index (κ2) is 9.19. The standard InChI is InChI=1S/C18H32N2O/c1-16(2)13-20(11-12-21-5)15-18(3,14-19-4)17-9-7-6-8-10-17/h6-10,16,19H,11-15H2,1-5H3. The van der Waals surface area contributed by atoms with Gasteiger partial charge in [-0.15, -0.1) is 0 Å². The highest BCUT2D eigenvalue weighted by Gasteiger charge is 2.28. The maximum atomic E-state index is 5.28. The maximum Gasteiger partial charge on any atom is 0.0589 e. The number of rotatable bonds is 10. The molecule has 0 radical (unpaired) electrons. The van der Waals surface area contributed by atoms with Gasteiger partial charge in [-0.2, -0.15) is 0 Å². The van der Waals surface area contributed by atoms with Crippen LogP contribution in [-0.2, 0) is 10.2 Å². The smallest absolute Gasteiger partial charge is 0.0589 e. The third-order valence-electron chi connectivity index (χ3n) is 3.85. The molecule has 0 aliphatic rings. The molecule has 3 nitrogen and oxygen atoms in total. The zero-order valence-electron chi connectivity index (χ0n) is 14.4. The van der Waals surface area contributed by atoms with Gasteiger partial charge in [-0.1, -0.05) is 51.1 Å². The van der Waals surface area contributed by atoms with Gasteiger partial charge >= 0.3 is 0 Å². The number of likely N-dealkylation sites (N-methyl/N-ethyl adjacent to an activating group) is 1. The number of nitrogens with one attached hydrogen (secondary N) is 1. The van der Waals surface area contributed by atoms with Gasteiger partial charge in [0.15, 0.2) is 0 Å². The Morgan fingerprint density at radius 1 is 1.24 bits per heavy atom. The van der Waals surface area contributed by atoms with Crippen molar-refractivity contribution in [2.45, 2.75) is 26.2 Å². The van der Waals surface area contributed by atoms with Crippen molar-refractivity contribution in [3.05, 3.63) is 35.9 Å². The Labute approximate surface area is 130 Å². The van der Waals surface area contributed by atoms with Crippen LogP contribution >= 0.6 is 0 Å². The monoisotopic (exact) mass is 292 g/mol. The fourth-order valence-electron chi connectivity index (χ4n) is 2.95. The van der Waals surface area contributed by atoms with Crippen molar-refractivity contribution in [2.75, 3.05) is 46.9 Å². The fourth-order valence-corrected chi connectivity index (χ4v) is 2.95. The van der Waals surface area contributed by atoms with E-state index >= 15 is 0 Å². The van der Waals surface area contributed by atoms with E-state index in [2.05, 4.69) is 61.3 Å². The van der Waals surface area contributed by atoms with E-state index in [9.17, 15) is 0 Å². The molecule has 0 saturated carbocycles. The predicted molar refractivity (Wildman–Crippen MR) is 90.9 cm³/mol. The normalized spacial score (nSPS) is 14.6. The van der Waals surface area contributed by atoms with Crippen LogP contribution in [0.1, 0.15) is 26.3 Å². The molecule has 1 N–H and O–H groups in total. The molecule has 0 saturated heterocycles. The molecule has 3 heteroatoms. The van der Waals surface area contributed by atoms with E-state index in [1.54, 1.807) is 7.11 Å². The number of benzene rings is 1. The molecule has 0 aliphatic carbocycles. The van der Waals surface area contributed by atoms with Gasteiger partial charge in [-0.25, -0.2) is 0 Å². The lowest BCUT2D eigenvalue weighted by molar-refractivity contribution is 0.123. The predicted octanol–water partition coefficient (Wildman–Crippen LogP) is 2.77. The van der Waals surface area contributed by atoms with Crippen LogP contribution in [0.3, 0.4) is 0 Å². The van der Waals surface area contributed by atoms with Crippen molar-refractivity contribution in [2.24, 2.45) is 5.92 Å². The molecule has 21 heavy (non-hydrogen) atoms. The van der Waals surface area contributed by atoms with Crippen LogP contribution in [0.4, 0.5) is 0 Å². The molecule has 1 aromatic carbocycles. The zero-order chi connectivity index (χ0) is 15.7. The third-order valence-corrected chi connectivity index (χ3v) is 3.85. The van der Waals surface area contributed by atoms with E-state index in [1.165, 1.54) is 5.56 Å². The van der Waals surface area contributed by atoms with Crippen molar-refractivity contribution in [3.8, 4) is 0 Å². The van der Waals surface area contributed by atoms with Crippen molar-refractivity contribution in [1.82, 2.24) is 10.2 Å². The number of methoxy groups -OCH3 is 1. The minimum absolute atomic E-state index is 0.110. The highest BCUT2D eigenvalue weighted by atomic mass is 16.5. The molecule has 1 unspecified atom stereocenters. The summed E-state index contributed by atoms with van der Waals surface area (Å²) in [6.07, 6.45) is 0.